The van der Waals surface area contributed by atoms with Crippen LogP contribution in [-0.2, 0) is 32.6 Å². The number of carbonyl (C=O) groups is 2. The van der Waals surface area contributed by atoms with Crippen molar-refractivity contribution in [2.75, 3.05) is 24.5 Å². The number of nitrogens with one attached hydrogen (secondary N) is 1. The van der Waals surface area contributed by atoms with Crippen LogP contribution in [-0.4, -0.2) is 51.4 Å². The van der Waals surface area contributed by atoms with E-state index >= 15 is 0 Å². The summed E-state index contributed by atoms with van der Waals surface area (Å²) in [5.41, 5.74) is 1.46. The monoisotopic (exact) mass is 637 g/mol. The van der Waals surface area contributed by atoms with E-state index in [1.165, 1.54) is 48.4 Å². The van der Waals surface area contributed by atoms with E-state index in [-0.39, 0.29) is 23.5 Å². The number of anilines is 1. The maximum absolute atomic E-state index is 14.3. The SMILES string of the molecule is CCNC(=O)C(Cc1ccccc1)N(Cc1ccccc1Cl)C(=O)CN(c1ccc(F)cc1)S(=O)(=O)c1ccc(OC)cc1. The van der Waals surface area contributed by atoms with E-state index in [0.717, 1.165) is 22.0 Å². The topological polar surface area (TPSA) is 96.0 Å². The molecule has 4 rings (SSSR count). The van der Waals surface area contributed by atoms with Gasteiger partial charge in [-0.1, -0.05) is 60.1 Å². The van der Waals surface area contributed by atoms with Gasteiger partial charge in [-0.3, -0.25) is 13.9 Å². The smallest absolute Gasteiger partial charge is 0.264 e. The van der Waals surface area contributed by atoms with Gasteiger partial charge in [-0.05, 0) is 72.6 Å². The molecular weight excluding hydrogens is 605 g/mol. The molecule has 0 radical (unpaired) electrons. The Bertz CT molecular complexity index is 1670. The van der Waals surface area contributed by atoms with E-state index in [1.54, 1.807) is 31.2 Å². The highest BCUT2D eigenvalue weighted by molar-refractivity contribution is 7.92. The fourth-order valence-corrected chi connectivity index (χ4v) is 6.28. The number of halogens is 2. The van der Waals surface area contributed by atoms with Gasteiger partial charge in [0.15, 0.2) is 0 Å². The number of likely N-dealkylation sites (N-methyl/N-ethyl adjacent to an activating group) is 1. The lowest BCUT2D eigenvalue weighted by Gasteiger charge is -2.34. The van der Waals surface area contributed by atoms with Crippen LogP contribution in [0.1, 0.15) is 18.1 Å². The minimum absolute atomic E-state index is 0.0625. The van der Waals surface area contributed by atoms with Crippen LogP contribution in [0.4, 0.5) is 10.1 Å². The molecule has 0 fully saturated rings. The predicted molar refractivity (Wildman–Crippen MR) is 169 cm³/mol. The van der Waals surface area contributed by atoms with E-state index < -0.39 is 40.2 Å². The van der Waals surface area contributed by atoms with Crippen molar-refractivity contribution in [3.63, 3.8) is 0 Å². The third-order valence-corrected chi connectivity index (χ3v) is 9.12. The fraction of sp³-hybridized carbons (Fsp3) is 0.212. The lowest BCUT2D eigenvalue weighted by molar-refractivity contribution is -0.140. The van der Waals surface area contributed by atoms with Crippen LogP contribution in [0.3, 0.4) is 0 Å². The number of amides is 2. The predicted octanol–water partition coefficient (Wildman–Crippen LogP) is 5.46. The highest BCUT2D eigenvalue weighted by Crippen LogP contribution is 2.27. The Hall–Kier alpha value is -4.41. The third kappa shape index (κ3) is 7.94. The molecule has 0 heterocycles. The van der Waals surface area contributed by atoms with Crippen LogP contribution in [0.2, 0.25) is 5.02 Å². The average Bonchev–Trinajstić information content (AvgIpc) is 3.03. The van der Waals surface area contributed by atoms with Gasteiger partial charge in [0.2, 0.25) is 11.8 Å². The van der Waals surface area contributed by atoms with Crippen LogP contribution in [0.25, 0.3) is 0 Å². The quantitative estimate of drug-likeness (QED) is 0.210. The highest BCUT2D eigenvalue weighted by atomic mass is 35.5. The molecule has 2 amide bonds. The van der Waals surface area contributed by atoms with Crippen molar-refractivity contribution in [1.29, 1.82) is 0 Å². The van der Waals surface area contributed by atoms with E-state index in [0.29, 0.717) is 22.9 Å². The number of benzene rings is 4. The Morgan fingerprint density at radius 2 is 1.55 bits per heavy atom. The van der Waals surface area contributed by atoms with Crippen molar-refractivity contribution in [3.05, 3.63) is 125 Å². The Morgan fingerprint density at radius 1 is 0.909 bits per heavy atom. The van der Waals surface area contributed by atoms with Gasteiger partial charge in [-0.25, -0.2) is 12.8 Å². The third-order valence-electron chi connectivity index (χ3n) is 6.96. The van der Waals surface area contributed by atoms with Crippen LogP contribution in [0.5, 0.6) is 5.75 Å². The Kier molecular flexibility index (Phi) is 11.0. The number of sulfonamides is 1. The number of rotatable bonds is 13. The summed E-state index contributed by atoms with van der Waals surface area (Å²) in [7, 11) is -2.88. The van der Waals surface area contributed by atoms with Gasteiger partial charge in [0.1, 0.15) is 24.2 Å². The lowest BCUT2D eigenvalue weighted by atomic mass is 10.0. The second-order valence-corrected chi connectivity index (χ2v) is 12.1. The molecule has 230 valence electrons. The zero-order chi connectivity index (χ0) is 31.7. The second kappa shape index (κ2) is 14.9. The van der Waals surface area contributed by atoms with Crippen LogP contribution < -0.4 is 14.4 Å². The molecule has 0 aliphatic heterocycles. The number of hydrogen-bond donors (Lipinski definition) is 1. The minimum Gasteiger partial charge on any atom is -0.497 e. The van der Waals surface area contributed by atoms with Crippen LogP contribution >= 0.6 is 11.6 Å². The van der Waals surface area contributed by atoms with E-state index in [1.807, 2.05) is 30.3 Å². The van der Waals surface area contributed by atoms with Gasteiger partial charge in [-0.15, -0.1) is 0 Å². The first-order valence-corrected chi connectivity index (χ1v) is 15.7. The number of nitrogens with zero attached hydrogens (tertiary/aromatic N) is 2. The number of carbonyl (C=O) groups excluding carboxylic acids is 2. The molecule has 4 aromatic carbocycles. The van der Waals surface area contributed by atoms with Crippen molar-refractivity contribution >= 4 is 39.1 Å². The largest absolute Gasteiger partial charge is 0.497 e. The molecule has 0 aliphatic carbocycles. The first-order chi connectivity index (χ1) is 21.1. The molecule has 0 saturated heterocycles. The van der Waals surface area contributed by atoms with Gasteiger partial charge in [-0.2, -0.15) is 0 Å². The van der Waals surface area contributed by atoms with Crippen LogP contribution in [0.15, 0.2) is 108 Å². The van der Waals surface area contributed by atoms with Gasteiger partial charge >= 0.3 is 0 Å². The van der Waals surface area contributed by atoms with Crippen molar-refractivity contribution in [2.24, 2.45) is 0 Å². The molecule has 1 unspecified atom stereocenters. The molecule has 0 aromatic heterocycles. The molecule has 44 heavy (non-hydrogen) atoms. The summed E-state index contributed by atoms with van der Waals surface area (Å²) in [5.74, 6) is -1.17. The van der Waals surface area contributed by atoms with Gasteiger partial charge in [0.05, 0.1) is 17.7 Å². The number of ether oxygens (including phenoxy) is 1. The van der Waals surface area contributed by atoms with E-state index in [4.69, 9.17) is 16.3 Å². The first kappa shape index (κ1) is 32.5. The Morgan fingerprint density at radius 3 is 2.16 bits per heavy atom. The lowest BCUT2D eigenvalue weighted by Crippen LogP contribution is -2.53. The summed E-state index contributed by atoms with van der Waals surface area (Å²) in [4.78, 5) is 29.1. The normalized spacial score (nSPS) is 11.8. The van der Waals surface area contributed by atoms with Crippen LogP contribution in [0, 0.1) is 5.82 Å². The zero-order valence-corrected chi connectivity index (χ0v) is 25.9. The van der Waals surface area contributed by atoms with Gasteiger partial charge < -0.3 is 15.0 Å². The standard InChI is InChI=1S/C33H33ClFN3O5S/c1-3-36-33(40)31(21-24-9-5-4-6-10-24)37(22-25-11-7-8-12-30(25)34)32(39)23-38(27-15-13-26(35)14-16-27)44(41,42)29-19-17-28(43-2)18-20-29/h4-20,31H,3,21-23H2,1-2H3,(H,36,40). The van der Waals surface area contributed by atoms with Gasteiger partial charge in [0.25, 0.3) is 10.0 Å². The molecule has 0 aliphatic rings. The van der Waals surface area contributed by atoms with Crippen molar-refractivity contribution < 1.29 is 27.1 Å². The highest BCUT2D eigenvalue weighted by Gasteiger charge is 2.34. The Balaban J connectivity index is 1.80. The molecule has 0 spiro atoms. The van der Waals surface area contributed by atoms with Crippen molar-refractivity contribution in [2.45, 2.75) is 30.8 Å². The maximum atomic E-state index is 14.3. The van der Waals surface area contributed by atoms with Crippen molar-refractivity contribution in [3.8, 4) is 5.75 Å². The maximum Gasteiger partial charge on any atom is 0.264 e. The molecule has 8 nitrogen and oxygen atoms in total. The summed E-state index contributed by atoms with van der Waals surface area (Å²) in [6.07, 6.45) is 0.171. The molecule has 11 heteroatoms. The molecular formula is C33H33ClFN3O5S. The van der Waals surface area contributed by atoms with Gasteiger partial charge in [0, 0.05) is 24.5 Å². The number of hydrogen-bond acceptors (Lipinski definition) is 5. The number of methoxy groups -OCH3 is 1. The molecule has 0 bridgehead atoms. The van der Waals surface area contributed by atoms with Crippen molar-refractivity contribution in [1.82, 2.24) is 10.2 Å². The molecule has 4 aromatic rings. The molecule has 1 N–H and O–H groups in total. The average molecular weight is 638 g/mol. The minimum atomic E-state index is -4.34. The summed E-state index contributed by atoms with van der Waals surface area (Å²) >= 11 is 6.48. The fourth-order valence-electron chi connectivity index (χ4n) is 4.67. The molecule has 1 atom stereocenters. The first-order valence-electron chi connectivity index (χ1n) is 13.9. The Labute approximate surface area is 262 Å². The second-order valence-electron chi connectivity index (χ2n) is 9.88. The summed E-state index contributed by atoms with van der Waals surface area (Å²) in [5, 5.41) is 3.20. The summed E-state index contributed by atoms with van der Waals surface area (Å²) in [6, 6.07) is 25.7. The zero-order valence-electron chi connectivity index (χ0n) is 24.3. The van der Waals surface area contributed by atoms with E-state index in [9.17, 15) is 22.4 Å². The molecule has 0 saturated carbocycles. The summed E-state index contributed by atoms with van der Waals surface area (Å²) in [6.45, 7) is 1.36. The summed E-state index contributed by atoms with van der Waals surface area (Å²) < 4.78 is 48.0. The van der Waals surface area contributed by atoms with E-state index in [2.05, 4.69) is 5.32 Å².